The highest BCUT2D eigenvalue weighted by Crippen LogP contribution is 2.29. The van der Waals surface area contributed by atoms with Crippen molar-refractivity contribution < 1.29 is 0 Å². The zero-order valence-corrected chi connectivity index (χ0v) is 10.3. The van der Waals surface area contributed by atoms with E-state index in [-0.39, 0.29) is 0 Å². The summed E-state index contributed by atoms with van der Waals surface area (Å²) in [6.45, 7) is 11.7. The summed E-state index contributed by atoms with van der Waals surface area (Å²) < 4.78 is 0. The monoisotopic (exact) mass is 184 g/mol. The van der Waals surface area contributed by atoms with Gasteiger partial charge in [-0.3, -0.25) is 0 Å². The van der Waals surface area contributed by atoms with Crippen molar-refractivity contribution >= 4 is 0 Å². The molecule has 0 rings (SSSR count). The lowest BCUT2D eigenvalue weighted by Gasteiger charge is -2.26. The summed E-state index contributed by atoms with van der Waals surface area (Å²) in [5.74, 6) is 2.83. The molecule has 2 atom stereocenters. The second-order valence-electron chi connectivity index (χ2n) is 4.75. The molecular weight excluding hydrogens is 156 g/mol. The van der Waals surface area contributed by atoms with Crippen LogP contribution in [-0.2, 0) is 0 Å². The zero-order valence-electron chi connectivity index (χ0n) is 10.3. The average molecular weight is 184 g/mol. The first-order valence-corrected chi connectivity index (χ1v) is 6.15. The van der Waals surface area contributed by atoms with Gasteiger partial charge < -0.3 is 0 Å². The van der Waals surface area contributed by atoms with Crippen molar-refractivity contribution in [3.05, 3.63) is 0 Å². The molecule has 0 heterocycles. The van der Waals surface area contributed by atoms with Crippen molar-refractivity contribution in [1.82, 2.24) is 0 Å². The van der Waals surface area contributed by atoms with Gasteiger partial charge in [0.2, 0.25) is 0 Å². The van der Waals surface area contributed by atoms with Gasteiger partial charge in [-0.05, 0) is 24.2 Å². The van der Waals surface area contributed by atoms with Crippen molar-refractivity contribution in [2.24, 2.45) is 17.8 Å². The summed E-state index contributed by atoms with van der Waals surface area (Å²) in [6.07, 6.45) is 6.96. The van der Waals surface area contributed by atoms with Crippen LogP contribution in [0.2, 0.25) is 0 Å². The third-order valence-electron chi connectivity index (χ3n) is 3.15. The van der Waals surface area contributed by atoms with E-state index < -0.39 is 0 Å². The lowest BCUT2D eigenvalue weighted by Crippen LogP contribution is -2.15. The highest BCUT2D eigenvalue weighted by atomic mass is 14.2. The van der Waals surface area contributed by atoms with Gasteiger partial charge in [-0.2, -0.15) is 0 Å². The summed E-state index contributed by atoms with van der Waals surface area (Å²) in [5, 5.41) is 0. The molecule has 0 aliphatic heterocycles. The molecule has 0 saturated heterocycles. The molecule has 0 heteroatoms. The van der Waals surface area contributed by atoms with Crippen LogP contribution in [0, 0.1) is 17.8 Å². The summed E-state index contributed by atoms with van der Waals surface area (Å²) in [5.41, 5.74) is 0. The normalized spacial score (nSPS) is 16.2. The van der Waals surface area contributed by atoms with Crippen molar-refractivity contribution in [2.45, 2.75) is 66.7 Å². The number of rotatable bonds is 7. The molecule has 0 aliphatic rings. The predicted molar refractivity (Wildman–Crippen MR) is 61.9 cm³/mol. The van der Waals surface area contributed by atoms with Gasteiger partial charge in [0.05, 0.1) is 0 Å². The lowest BCUT2D eigenvalue weighted by molar-refractivity contribution is 0.250. The average Bonchev–Trinajstić information content (AvgIpc) is 2.10. The van der Waals surface area contributed by atoms with Crippen LogP contribution in [-0.4, -0.2) is 0 Å². The zero-order chi connectivity index (χ0) is 10.3. The Hall–Kier alpha value is 0. The Bertz CT molecular complexity index is 105. The summed E-state index contributed by atoms with van der Waals surface area (Å²) in [4.78, 5) is 0. The van der Waals surface area contributed by atoms with E-state index in [1.807, 2.05) is 0 Å². The fourth-order valence-corrected chi connectivity index (χ4v) is 2.44. The maximum absolute atomic E-state index is 2.35. The van der Waals surface area contributed by atoms with E-state index in [4.69, 9.17) is 0 Å². The molecule has 80 valence electrons. The molecular formula is C13H28. The van der Waals surface area contributed by atoms with E-state index >= 15 is 0 Å². The van der Waals surface area contributed by atoms with E-state index in [9.17, 15) is 0 Å². The summed E-state index contributed by atoms with van der Waals surface area (Å²) >= 11 is 0. The maximum Gasteiger partial charge on any atom is -0.0386 e. The Morgan fingerprint density at radius 2 is 1.38 bits per heavy atom. The Morgan fingerprint density at radius 1 is 0.846 bits per heavy atom. The van der Waals surface area contributed by atoms with Crippen LogP contribution in [0.5, 0.6) is 0 Å². The Balaban J connectivity index is 4.00. The van der Waals surface area contributed by atoms with E-state index in [0.29, 0.717) is 0 Å². The number of hydrogen-bond acceptors (Lipinski definition) is 0. The first-order chi connectivity index (χ1) is 6.15. The smallest absolute Gasteiger partial charge is 0.0386 e. The fraction of sp³-hybridized carbons (Fsp3) is 1.00. The van der Waals surface area contributed by atoms with Crippen LogP contribution in [0.4, 0.5) is 0 Å². The molecule has 0 aromatic heterocycles. The molecule has 0 saturated carbocycles. The molecule has 13 heavy (non-hydrogen) atoms. The molecule has 0 aromatic carbocycles. The molecule has 0 amide bonds. The van der Waals surface area contributed by atoms with E-state index in [2.05, 4.69) is 34.6 Å². The van der Waals surface area contributed by atoms with Crippen LogP contribution in [0.15, 0.2) is 0 Å². The van der Waals surface area contributed by atoms with Crippen molar-refractivity contribution in [1.29, 1.82) is 0 Å². The summed E-state index contributed by atoms with van der Waals surface area (Å²) in [6, 6.07) is 0. The standard InChI is InChI=1S/C13H28/c1-6-9-12(7-2)13(8-3)10-11(4)5/h11-13H,6-10H2,1-5H3. The number of hydrogen-bond donors (Lipinski definition) is 0. The minimum absolute atomic E-state index is 0.871. The second kappa shape index (κ2) is 7.41. The molecule has 0 N–H and O–H groups in total. The van der Waals surface area contributed by atoms with Crippen LogP contribution in [0.3, 0.4) is 0 Å². The highest BCUT2D eigenvalue weighted by Gasteiger charge is 2.18. The van der Waals surface area contributed by atoms with Crippen LogP contribution in [0.1, 0.15) is 66.7 Å². The predicted octanol–water partition coefficient (Wildman–Crippen LogP) is 4.89. The molecule has 0 radical (unpaired) electrons. The van der Waals surface area contributed by atoms with Gasteiger partial charge in [0.1, 0.15) is 0 Å². The van der Waals surface area contributed by atoms with Crippen molar-refractivity contribution in [2.75, 3.05) is 0 Å². The largest absolute Gasteiger partial charge is 0.0654 e. The Kier molecular flexibility index (Phi) is 7.41. The Morgan fingerprint density at radius 3 is 1.69 bits per heavy atom. The highest BCUT2D eigenvalue weighted by molar-refractivity contribution is 4.69. The Labute approximate surface area is 85.1 Å². The lowest BCUT2D eigenvalue weighted by atomic mass is 9.80. The molecule has 0 fully saturated rings. The fourth-order valence-electron chi connectivity index (χ4n) is 2.44. The van der Waals surface area contributed by atoms with Gasteiger partial charge in [0, 0.05) is 0 Å². The third kappa shape index (κ3) is 5.33. The third-order valence-corrected chi connectivity index (χ3v) is 3.15. The van der Waals surface area contributed by atoms with Gasteiger partial charge in [-0.15, -0.1) is 0 Å². The van der Waals surface area contributed by atoms with Gasteiger partial charge in [-0.25, -0.2) is 0 Å². The molecule has 0 spiro atoms. The topological polar surface area (TPSA) is 0 Å². The van der Waals surface area contributed by atoms with Crippen molar-refractivity contribution in [3.8, 4) is 0 Å². The van der Waals surface area contributed by atoms with E-state index in [1.54, 1.807) is 0 Å². The van der Waals surface area contributed by atoms with E-state index in [0.717, 1.165) is 17.8 Å². The molecule has 0 bridgehead atoms. The SMILES string of the molecule is CCCC(CC)C(CC)CC(C)C. The first-order valence-electron chi connectivity index (χ1n) is 6.15. The molecule has 0 nitrogen and oxygen atoms in total. The van der Waals surface area contributed by atoms with Crippen molar-refractivity contribution in [3.63, 3.8) is 0 Å². The minimum Gasteiger partial charge on any atom is -0.0654 e. The second-order valence-corrected chi connectivity index (χ2v) is 4.75. The maximum atomic E-state index is 2.35. The first kappa shape index (κ1) is 13.0. The molecule has 2 unspecified atom stereocenters. The molecule has 0 aromatic rings. The van der Waals surface area contributed by atoms with Crippen LogP contribution in [0.25, 0.3) is 0 Å². The van der Waals surface area contributed by atoms with Gasteiger partial charge in [0.15, 0.2) is 0 Å². The van der Waals surface area contributed by atoms with Gasteiger partial charge >= 0.3 is 0 Å². The van der Waals surface area contributed by atoms with Gasteiger partial charge in [-0.1, -0.05) is 60.3 Å². The van der Waals surface area contributed by atoms with Gasteiger partial charge in [0.25, 0.3) is 0 Å². The quantitative estimate of drug-likeness (QED) is 0.528. The molecule has 0 aliphatic carbocycles. The van der Waals surface area contributed by atoms with Crippen LogP contribution < -0.4 is 0 Å². The van der Waals surface area contributed by atoms with E-state index in [1.165, 1.54) is 32.1 Å². The van der Waals surface area contributed by atoms with Crippen LogP contribution >= 0.6 is 0 Å². The minimum atomic E-state index is 0.871. The summed E-state index contributed by atoms with van der Waals surface area (Å²) in [7, 11) is 0.